The van der Waals surface area contributed by atoms with Gasteiger partial charge in [0, 0.05) is 18.4 Å². The van der Waals surface area contributed by atoms with Crippen LogP contribution in [0.15, 0.2) is 0 Å². The van der Waals surface area contributed by atoms with Gasteiger partial charge in [-0.3, -0.25) is 4.79 Å². The summed E-state index contributed by atoms with van der Waals surface area (Å²) < 4.78 is 0. The molecule has 2 nitrogen and oxygen atoms in total. The minimum Gasteiger partial charge on any atom is -0.352 e. The summed E-state index contributed by atoms with van der Waals surface area (Å²) in [5, 5.41) is 3.05. The zero-order valence-corrected chi connectivity index (χ0v) is 10.9. The first-order valence-corrected chi connectivity index (χ1v) is 6.43. The Morgan fingerprint density at radius 2 is 2.00 bits per heavy atom. The van der Waals surface area contributed by atoms with Gasteiger partial charge < -0.3 is 5.32 Å². The summed E-state index contributed by atoms with van der Waals surface area (Å²) in [4.78, 5) is 11.9. The van der Waals surface area contributed by atoms with E-state index in [4.69, 9.17) is 6.42 Å². The molecule has 2 unspecified atom stereocenters. The Hall–Kier alpha value is -0.970. The molecular weight excluding hydrogens is 198 g/mol. The highest BCUT2D eigenvalue weighted by Crippen LogP contribution is 2.13. The molecule has 0 aliphatic carbocycles. The molecule has 0 aromatic rings. The van der Waals surface area contributed by atoms with Crippen molar-refractivity contribution >= 4 is 5.91 Å². The Kier molecular flexibility index (Phi) is 8.71. The Bertz CT molecular complexity index is 229. The van der Waals surface area contributed by atoms with Crippen molar-refractivity contribution in [3.8, 4) is 12.3 Å². The van der Waals surface area contributed by atoms with Gasteiger partial charge in [0.25, 0.3) is 0 Å². The molecule has 0 heterocycles. The minimum atomic E-state index is 0.146. The summed E-state index contributed by atoms with van der Waals surface area (Å²) in [5.41, 5.74) is 0. The molecule has 0 aromatic carbocycles. The maximum Gasteiger partial charge on any atom is 0.223 e. The smallest absolute Gasteiger partial charge is 0.223 e. The number of unbranched alkanes of at least 4 members (excludes halogenated alkanes) is 1. The Morgan fingerprint density at radius 3 is 2.44 bits per heavy atom. The normalized spacial score (nSPS) is 13.9. The van der Waals surface area contributed by atoms with E-state index < -0.39 is 0 Å². The van der Waals surface area contributed by atoms with Gasteiger partial charge in [-0.15, -0.1) is 12.3 Å². The van der Waals surface area contributed by atoms with Gasteiger partial charge in [-0.25, -0.2) is 0 Å². The molecule has 0 spiro atoms. The van der Waals surface area contributed by atoms with Crippen LogP contribution < -0.4 is 5.32 Å². The molecule has 1 N–H and O–H groups in total. The lowest BCUT2D eigenvalue weighted by Crippen LogP contribution is -2.38. The first kappa shape index (κ1) is 15.0. The van der Waals surface area contributed by atoms with Crippen LogP contribution in [0.2, 0.25) is 0 Å². The van der Waals surface area contributed by atoms with Gasteiger partial charge in [0.05, 0.1) is 0 Å². The van der Waals surface area contributed by atoms with Gasteiger partial charge in [-0.1, -0.05) is 33.6 Å². The molecule has 0 aromatic heterocycles. The molecule has 0 aliphatic heterocycles. The Morgan fingerprint density at radius 1 is 1.31 bits per heavy atom. The zero-order valence-electron chi connectivity index (χ0n) is 10.9. The molecule has 0 rings (SSSR count). The molecule has 2 atom stereocenters. The summed E-state index contributed by atoms with van der Waals surface area (Å²) in [7, 11) is 0. The summed E-state index contributed by atoms with van der Waals surface area (Å²) in [6.45, 7) is 6.27. The van der Waals surface area contributed by atoms with Crippen molar-refractivity contribution in [2.45, 2.75) is 65.3 Å². The van der Waals surface area contributed by atoms with E-state index in [-0.39, 0.29) is 17.9 Å². The molecular formula is C14H25NO. The number of hydrogen-bond donors (Lipinski definition) is 1. The highest BCUT2D eigenvalue weighted by molar-refractivity contribution is 5.78. The maximum atomic E-state index is 11.9. The van der Waals surface area contributed by atoms with E-state index >= 15 is 0 Å². The first-order chi connectivity index (χ1) is 7.69. The molecule has 0 fully saturated rings. The summed E-state index contributed by atoms with van der Waals surface area (Å²) in [5.74, 6) is 2.95. The van der Waals surface area contributed by atoms with Crippen LogP contribution in [0.4, 0.5) is 0 Å². The quantitative estimate of drug-likeness (QED) is 0.629. The fraction of sp³-hybridized carbons (Fsp3) is 0.786. The van der Waals surface area contributed by atoms with Gasteiger partial charge in [0.15, 0.2) is 0 Å². The van der Waals surface area contributed by atoms with Crippen LogP contribution in [0.5, 0.6) is 0 Å². The summed E-state index contributed by atoms with van der Waals surface area (Å²) in [6, 6.07) is 0.146. The molecule has 0 saturated carbocycles. The number of carbonyl (C=O) groups is 1. The summed E-state index contributed by atoms with van der Waals surface area (Å²) in [6.07, 6.45) is 11.0. The molecule has 0 aliphatic rings. The van der Waals surface area contributed by atoms with Gasteiger partial charge in [-0.2, -0.15) is 0 Å². The van der Waals surface area contributed by atoms with E-state index in [9.17, 15) is 4.79 Å². The third-order valence-corrected chi connectivity index (χ3v) is 2.97. The number of carbonyl (C=O) groups excluding carboxylic acids is 1. The fourth-order valence-corrected chi connectivity index (χ4v) is 1.73. The second kappa shape index (κ2) is 9.27. The van der Waals surface area contributed by atoms with E-state index in [1.54, 1.807) is 0 Å². The molecule has 0 bridgehead atoms. The SMILES string of the molecule is C#CCC(CC)NC(=O)C(CC)CCCC. The average Bonchev–Trinajstić information content (AvgIpc) is 2.29. The largest absolute Gasteiger partial charge is 0.352 e. The number of rotatable bonds is 8. The average molecular weight is 223 g/mol. The van der Waals surface area contributed by atoms with Gasteiger partial charge >= 0.3 is 0 Å². The standard InChI is InChI=1S/C14H25NO/c1-5-9-11-12(7-3)14(16)15-13(8-4)10-6-2/h2,12-13H,5,7-11H2,1,3-4H3,(H,15,16). The number of hydrogen-bond acceptors (Lipinski definition) is 1. The Labute approximate surface area is 100 Å². The topological polar surface area (TPSA) is 29.1 Å². The van der Waals surface area contributed by atoms with E-state index in [1.807, 2.05) is 0 Å². The van der Waals surface area contributed by atoms with Crippen LogP contribution >= 0.6 is 0 Å². The molecule has 2 heteroatoms. The van der Waals surface area contributed by atoms with E-state index in [0.717, 1.165) is 32.1 Å². The maximum absolute atomic E-state index is 11.9. The number of amides is 1. The van der Waals surface area contributed by atoms with Gasteiger partial charge in [0.1, 0.15) is 0 Å². The molecule has 16 heavy (non-hydrogen) atoms. The van der Waals surface area contributed by atoms with E-state index in [2.05, 4.69) is 32.0 Å². The summed E-state index contributed by atoms with van der Waals surface area (Å²) >= 11 is 0. The van der Waals surface area contributed by atoms with Gasteiger partial charge in [-0.05, 0) is 19.3 Å². The fourth-order valence-electron chi connectivity index (χ4n) is 1.73. The predicted octanol–water partition coefficient (Wildman–Crippen LogP) is 3.12. The number of terminal acetylenes is 1. The van der Waals surface area contributed by atoms with Crippen LogP contribution in [0.25, 0.3) is 0 Å². The van der Waals surface area contributed by atoms with Crippen molar-refractivity contribution in [2.24, 2.45) is 5.92 Å². The lowest BCUT2D eigenvalue weighted by atomic mass is 9.97. The predicted molar refractivity (Wildman–Crippen MR) is 69.0 cm³/mol. The van der Waals surface area contributed by atoms with Crippen molar-refractivity contribution in [1.82, 2.24) is 5.32 Å². The highest BCUT2D eigenvalue weighted by Gasteiger charge is 2.18. The van der Waals surface area contributed by atoms with Crippen LogP contribution in [0, 0.1) is 18.3 Å². The van der Waals surface area contributed by atoms with Crippen molar-refractivity contribution < 1.29 is 4.79 Å². The third kappa shape index (κ3) is 5.80. The molecule has 92 valence electrons. The minimum absolute atomic E-state index is 0.146. The van der Waals surface area contributed by atoms with Crippen LogP contribution in [-0.4, -0.2) is 11.9 Å². The van der Waals surface area contributed by atoms with Gasteiger partial charge in [0.2, 0.25) is 5.91 Å². The third-order valence-electron chi connectivity index (χ3n) is 2.97. The van der Waals surface area contributed by atoms with Crippen LogP contribution in [-0.2, 0) is 4.79 Å². The monoisotopic (exact) mass is 223 g/mol. The van der Waals surface area contributed by atoms with Crippen molar-refractivity contribution in [2.75, 3.05) is 0 Å². The molecule has 0 radical (unpaired) electrons. The van der Waals surface area contributed by atoms with E-state index in [0.29, 0.717) is 6.42 Å². The second-order valence-electron chi connectivity index (χ2n) is 4.27. The zero-order chi connectivity index (χ0) is 12.4. The molecule has 0 saturated heterocycles. The van der Waals surface area contributed by atoms with Crippen LogP contribution in [0.1, 0.15) is 59.3 Å². The van der Waals surface area contributed by atoms with E-state index in [1.165, 1.54) is 0 Å². The lowest BCUT2D eigenvalue weighted by Gasteiger charge is -2.19. The van der Waals surface area contributed by atoms with Crippen molar-refractivity contribution in [3.63, 3.8) is 0 Å². The second-order valence-corrected chi connectivity index (χ2v) is 4.27. The number of nitrogens with one attached hydrogen (secondary N) is 1. The van der Waals surface area contributed by atoms with Crippen molar-refractivity contribution in [1.29, 1.82) is 0 Å². The van der Waals surface area contributed by atoms with Crippen LogP contribution in [0.3, 0.4) is 0 Å². The Balaban J connectivity index is 4.13. The highest BCUT2D eigenvalue weighted by atomic mass is 16.1. The molecule has 1 amide bonds. The van der Waals surface area contributed by atoms with Crippen molar-refractivity contribution in [3.05, 3.63) is 0 Å². The lowest BCUT2D eigenvalue weighted by molar-refractivity contribution is -0.126. The first-order valence-electron chi connectivity index (χ1n) is 6.43.